The Balaban J connectivity index is 1.44. The number of allylic oxidation sites excluding steroid dienone is 1. The molecule has 1 atom stereocenters. The molecule has 33 heavy (non-hydrogen) atoms. The molecule has 3 rings (SSSR count). The Morgan fingerprint density at radius 3 is 2.58 bits per heavy atom. The van der Waals surface area contributed by atoms with Gasteiger partial charge in [-0.1, -0.05) is 29.8 Å². The van der Waals surface area contributed by atoms with Crippen molar-refractivity contribution in [3.8, 4) is 0 Å². The summed E-state index contributed by atoms with van der Waals surface area (Å²) in [6, 6.07) is 6.33. The van der Waals surface area contributed by atoms with Crippen molar-refractivity contribution in [2.75, 3.05) is 39.8 Å². The zero-order chi connectivity index (χ0) is 23.8. The number of ether oxygens (including phenoxy) is 1. The molecule has 182 valence electrons. The number of alkyl halides is 1. The van der Waals surface area contributed by atoms with Gasteiger partial charge in [-0.05, 0) is 55.4 Å². The summed E-state index contributed by atoms with van der Waals surface area (Å²) in [6.45, 7) is 7.76. The van der Waals surface area contributed by atoms with Crippen molar-refractivity contribution < 1.29 is 13.9 Å². The molecule has 0 aliphatic carbocycles. The predicted octanol–water partition coefficient (Wildman–Crippen LogP) is 3.49. The molecule has 1 N–H and O–H groups in total. The Kier molecular flexibility index (Phi) is 9.48. The summed E-state index contributed by atoms with van der Waals surface area (Å²) < 4.78 is 21.7. The van der Waals surface area contributed by atoms with Crippen LogP contribution < -0.4 is 10.6 Å². The number of amides is 1. The molecule has 1 amide bonds. The van der Waals surface area contributed by atoms with Crippen molar-refractivity contribution >= 4 is 20.5 Å². The number of likely N-dealkylation sites (tertiary alicyclic amines) is 2. The Morgan fingerprint density at radius 2 is 1.97 bits per heavy atom. The molecule has 0 aromatic heterocycles. The molecule has 0 saturated carbocycles. The van der Waals surface area contributed by atoms with Crippen LogP contribution in [-0.2, 0) is 16.1 Å². The third-order valence-corrected chi connectivity index (χ3v) is 7.32. The molecule has 2 aliphatic rings. The molecule has 2 aliphatic heterocycles. The smallest absolute Gasteiger partial charge is 0.260 e. The number of nitrogens with one attached hydrogen (secondary N) is 1. The first-order valence-corrected chi connectivity index (χ1v) is 12.6. The molecule has 1 unspecified atom stereocenters. The number of carbonyl (C=O) groups excluding carboxylic acids is 1. The Bertz CT molecular complexity index is 857. The van der Waals surface area contributed by atoms with Gasteiger partial charge < -0.3 is 15.0 Å². The van der Waals surface area contributed by atoms with E-state index in [1.54, 1.807) is 4.90 Å². The number of nitrogens with zero attached hydrogens (tertiary/aromatic N) is 2. The fraction of sp³-hybridized carbons (Fsp3) is 0.577. The van der Waals surface area contributed by atoms with E-state index < -0.39 is 5.67 Å². The summed E-state index contributed by atoms with van der Waals surface area (Å²) in [7, 11) is 4.64. The summed E-state index contributed by atoms with van der Waals surface area (Å²) >= 11 is 0. The van der Waals surface area contributed by atoms with E-state index in [0.29, 0.717) is 32.8 Å². The fourth-order valence-corrected chi connectivity index (χ4v) is 4.97. The average Bonchev–Trinajstić information content (AvgIpc) is 2.82. The quantitative estimate of drug-likeness (QED) is 0.462. The van der Waals surface area contributed by atoms with E-state index >= 15 is 4.39 Å². The van der Waals surface area contributed by atoms with Gasteiger partial charge in [-0.3, -0.25) is 9.69 Å². The summed E-state index contributed by atoms with van der Waals surface area (Å²) in [5.41, 5.74) is 1.84. The second kappa shape index (κ2) is 12.1. The number of piperidine rings is 2. The molecule has 1 aromatic carbocycles. The van der Waals surface area contributed by atoms with E-state index in [2.05, 4.69) is 50.7 Å². The number of hydrogen-bond donors (Lipinski definition) is 1. The molecule has 2 fully saturated rings. The SMILES string of the molecule is C/C=C(\C=C/NC)CN1CCC(F)(C(=O)N2CCC(OCc3ccc(C)cc3P)CC2)CC1. The lowest BCUT2D eigenvalue weighted by molar-refractivity contribution is -0.150. The number of halogens is 1. The van der Waals surface area contributed by atoms with Gasteiger partial charge in [0.15, 0.2) is 5.67 Å². The predicted molar refractivity (Wildman–Crippen MR) is 136 cm³/mol. The highest BCUT2D eigenvalue weighted by Gasteiger charge is 2.44. The molecule has 0 radical (unpaired) electrons. The highest BCUT2D eigenvalue weighted by molar-refractivity contribution is 7.27. The van der Waals surface area contributed by atoms with Crippen molar-refractivity contribution in [1.82, 2.24) is 15.1 Å². The van der Waals surface area contributed by atoms with Crippen LogP contribution in [0.15, 0.2) is 42.1 Å². The maximum absolute atomic E-state index is 15.6. The Morgan fingerprint density at radius 1 is 1.27 bits per heavy atom. The molecular formula is C26H39FN3O2P. The Labute approximate surface area is 200 Å². The summed E-state index contributed by atoms with van der Waals surface area (Å²) in [5, 5.41) is 4.16. The molecule has 1 aromatic rings. The molecular weight excluding hydrogens is 436 g/mol. The lowest BCUT2D eigenvalue weighted by atomic mass is 9.90. The van der Waals surface area contributed by atoms with E-state index in [4.69, 9.17) is 4.74 Å². The van der Waals surface area contributed by atoms with Gasteiger partial charge in [0, 0.05) is 52.6 Å². The normalized spacial score (nSPS) is 20.4. The van der Waals surface area contributed by atoms with E-state index in [0.717, 1.165) is 24.7 Å². The van der Waals surface area contributed by atoms with Gasteiger partial charge in [-0.2, -0.15) is 0 Å². The van der Waals surface area contributed by atoms with Crippen LogP contribution in [0.4, 0.5) is 4.39 Å². The van der Waals surface area contributed by atoms with Crippen LogP contribution in [0.1, 0.15) is 43.7 Å². The first-order valence-electron chi connectivity index (χ1n) is 12.0. The number of aryl methyl sites for hydroxylation is 1. The minimum atomic E-state index is -1.74. The highest BCUT2D eigenvalue weighted by Crippen LogP contribution is 2.31. The lowest BCUT2D eigenvalue weighted by Gasteiger charge is -2.40. The van der Waals surface area contributed by atoms with Gasteiger partial charge in [-0.25, -0.2) is 4.39 Å². The molecule has 2 heterocycles. The standard InChI is InChI=1S/C26H39FN3O2P/c1-4-21(7-12-28-3)18-29-15-10-26(27,11-16-29)25(31)30-13-8-23(9-14-30)32-19-22-6-5-20(2)17-24(22)33/h4-7,12,17,23,28H,8-11,13-16,18-19,33H2,1-3H3/b12-7-,21-4+. The first kappa shape index (κ1) is 25.9. The fourth-order valence-electron chi connectivity index (χ4n) is 4.53. The third kappa shape index (κ3) is 7.11. The molecule has 5 nitrogen and oxygen atoms in total. The number of benzene rings is 1. The number of carbonyl (C=O) groups is 1. The minimum absolute atomic E-state index is 0.113. The van der Waals surface area contributed by atoms with Crippen LogP contribution in [0.5, 0.6) is 0 Å². The van der Waals surface area contributed by atoms with Crippen LogP contribution in [0, 0.1) is 6.92 Å². The first-order chi connectivity index (χ1) is 15.8. The van der Waals surface area contributed by atoms with Crippen LogP contribution >= 0.6 is 9.24 Å². The van der Waals surface area contributed by atoms with Gasteiger partial charge in [0.05, 0.1) is 12.7 Å². The highest BCUT2D eigenvalue weighted by atomic mass is 31.0. The average molecular weight is 476 g/mol. The molecule has 7 heteroatoms. The zero-order valence-electron chi connectivity index (χ0n) is 20.3. The number of rotatable bonds is 8. The van der Waals surface area contributed by atoms with E-state index in [1.807, 2.05) is 26.2 Å². The monoisotopic (exact) mass is 475 g/mol. The maximum atomic E-state index is 15.6. The lowest BCUT2D eigenvalue weighted by Crippen LogP contribution is -2.54. The molecule has 0 bridgehead atoms. The topological polar surface area (TPSA) is 44.8 Å². The van der Waals surface area contributed by atoms with Crippen LogP contribution in [0.2, 0.25) is 0 Å². The Hall–Kier alpha value is -1.75. The van der Waals surface area contributed by atoms with Gasteiger partial charge in [-0.15, -0.1) is 9.24 Å². The summed E-state index contributed by atoms with van der Waals surface area (Å²) in [6.07, 6.45) is 8.16. The van der Waals surface area contributed by atoms with Crippen LogP contribution in [0.3, 0.4) is 0 Å². The third-order valence-electron chi connectivity index (χ3n) is 6.78. The van der Waals surface area contributed by atoms with Crippen molar-refractivity contribution in [2.45, 2.75) is 57.9 Å². The van der Waals surface area contributed by atoms with Crippen LogP contribution in [0.25, 0.3) is 0 Å². The van der Waals surface area contributed by atoms with Crippen LogP contribution in [-0.4, -0.2) is 67.3 Å². The van der Waals surface area contributed by atoms with Crippen molar-refractivity contribution in [3.05, 3.63) is 53.3 Å². The van der Waals surface area contributed by atoms with E-state index in [9.17, 15) is 4.79 Å². The van der Waals surface area contributed by atoms with Gasteiger partial charge >= 0.3 is 0 Å². The summed E-state index contributed by atoms with van der Waals surface area (Å²) in [5.74, 6) is -0.326. The number of hydrogen-bond acceptors (Lipinski definition) is 4. The molecule has 2 saturated heterocycles. The second-order valence-electron chi connectivity index (χ2n) is 9.23. The van der Waals surface area contributed by atoms with E-state index in [-0.39, 0.29) is 24.9 Å². The second-order valence-corrected chi connectivity index (χ2v) is 9.85. The van der Waals surface area contributed by atoms with Crippen molar-refractivity contribution in [2.24, 2.45) is 0 Å². The summed E-state index contributed by atoms with van der Waals surface area (Å²) in [4.78, 5) is 17.0. The van der Waals surface area contributed by atoms with Crippen molar-refractivity contribution in [1.29, 1.82) is 0 Å². The van der Waals surface area contributed by atoms with Crippen molar-refractivity contribution in [3.63, 3.8) is 0 Å². The maximum Gasteiger partial charge on any atom is 0.260 e. The van der Waals surface area contributed by atoms with Gasteiger partial charge in [0.2, 0.25) is 0 Å². The minimum Gasteiger partial charge on any atom is -0.394 e. The zero-order valence-corrected chi connectivity index (χ0v) is 21.4. The molecule has 0 spiro atoms. The van der Waals surface area contributed by atoms with E-state index in [1.165, 1.54) is 16.7 Å². The van der Waals surface area contributed by atoms with Gasteiger partial charge in [0.1, 0.15) is 0 Å². The largest absolute Gasteiger partial charge is 0.394 e. The van der Waals surface area contributed by atoms with Gasteiger partial charge in [0.25, 0.3) is 5.91 Å².